The Morgan fingerprint density at radius 1 is 1.25 bits per heavy atom. The second kappa shape index (κ2) is 5.13. The van der Waals surface area contributed by atoms with Gasteiger partial charge in [0.2, 0.25) is 0 Å². The molecule has 0 radical (unpaired) electrons. The van der Waals surface area contributed by atoms with Crippen molar-refractivity contribution < 1.29 is 4.74 Å². The van der Waals surface area contributed by atoms with Crippen LogP contribution in [0, 0.1) is 12.3 Å². The van der Waals surface area contributed by atoms with Crippen LogP contribution < -0.4 is 4.74 Å². The van der Waals surface area contributed by atoms with E-state index >= 15 is 0 Å². The third-order valence-electron chi connectivity index (χ3n) is 3.63. The van der Waals surface area contributed by atoms with Gasteiger partial charge in [-0.05, 0) is 37.1 Å². The van der Waals surface area contributed by atoms with Crippen molar-refractivity contribution in [2.45, 2.75) is 32.6 Å². The van der Waals surface area contributed by atoms with Crippen LogP contribution in [0.15, 0.2) is 24.3 Å². The van der Waals surface area contributed by atoms with Gasteiger partial charge in [-0.1, -0.05) is 31.0 Å². The minimum atomic E-state index is 0.325. The summed E-state index contributed by atoms with van der Waals surface area (Å²) < 4.78 is 5.97. The van der Waals surface area contributed by atoms with E-state index in [1.54, 1.807) is 0 Å². The van der Waals surface area contributed by atoms with E-state index in [0.29, 0.717) is 5.41 Å². The molecule has 0 bridgehead atoms. The van der Waals surface area contributed by atoms with Gasteiger partial charge in [0.15, 0.2) is 0 Å². The van der Waals surface area contributed by atoms with Crippen molar-refractivity contribution in [2.75, 3.05) is 12.4 Å². The Hall–Kier alpha value is -0.630. The molecule has 0 atom stereocenters. The van der Waals surface area contributed by atoms with Gasteiger partial charge in [0.25, 0.3) is 0 Å². The molecule has 1 aliphatic carbocycles. The number of thiol groups is 1. The molecule has 0 N–H and O–H groups in total. The Balaban J connectivity index is 1.98. The zero-order valence-corrected chi connectivity index (χ0v) is 10.8. The molecule has 0 saturated heterocycles. The largest absolute Gasteiger partial charge is 0.493 e. The number of ether oxygens (including phenoxy) is 1. The Kier molecular flexibility index (Phi) is 3.80. The summed E-state index contributed by atoms with van der Waals surface area (Å²) in [7, 11) is 0. The van der Waals surface area contributed by atoms with Crippen molar-refractivity contribution in [1.82, 2.24) is 0 Å². The Bertz CT molecular complexity index is 342. The van der Waals surface area contributed by atoms with Crippen LogP contribution in [-0.2, 0) is 0 Å². The number of hydrogen-bond donors (Lipinski definition) is 1. The normalized spacial score (nSPS) is 18.6. The summed E-state index contributed by atoms with van der Waals surface area (Å²) in [4.78, 5) is 0. The Morgan fingerprint density at radius 3 is 2.56 bits per heavy atom. The summed E-state index contributed by atoms with van der Waals surface area (Å²) in [6.45, 7) is 2.92. The highest BCUT2D eigenvalue weighted by Crippen LogP contribution is 2.39. The highest BCUT2D eigenvalue weighted by Gasteiger charge is 2.33. The van der Waals surface area contributed by atoms with Crippen LogP contribution in [-0.4, -0.2) is 12.4 Å². The average molecular weight is 236 g/mol. The van der Waals surface area contributed by atoms with Gasteiger partial charge in [0.1, 0.15) is 5.75 Å². The van der Waals surface area contributed by atoms with E-state index in [-0.39, 0.29) is 0 Å². The smallest absolute Gasteiger partial charge is 0.122 e. The second-order valence-corrected chi connectivity index (χ2v) is 5.24. The number of aryl methyl sites for hydroxylation is 1. The van der Waals surface area contributed by atoms with Gasteiger partial charge in [-0.2, -0.15) is 12.6 Å². The molecule has 1 nitrogen and oxygen atoms in total. The molecule has 0 unspecified atom stereocenters. The maximum Gasteiger partial charge on any atom is 0.122 e. The fourth-order valence-electron chi connectivity index (χ4n) is 2.42. The van der Waals surface area contributed by atoms with Gasteiger partial charge in [0.05, 0.1) is 6.61 Å². The molecule has 0 aromatic heterocycles. The molecular weight excluding hydrogens is 216 g/mol. The first-order chi connectivity index (χ1) is 7.76. The Morgan fingerprint density at radius 2 is 1.94 bits per heavy atom. The van der Waals surface area contributed by atoms with Crippen LogP contribution in [0.25, 0.3) is 0 Å². The molecule has 1 aromatic carbocycles. The second-order valence-electron chi connectivity index (χ2n) is 4.92. The summed E-state index contributed by atoms with van der Waals surface area (Å²) in [5, 5.41) is 0. The SMILES string of the molecule is Cc1ccccc1OCC1(CS)CCCC1. The van der Waals surface area contributed by atoms with Crippen LogP contribution in [0.3, 0.4) is 0 Å². The molecule has 16 heavy (non-hydrogen) atoms. The van der Waals surface area contributed by atoms with E-state index in [1.807, 2.05) is 12.1 Å². The van der Waals surface area contributed by atoms with E-state index in [9.17, 15) is 0 Å². The van der Waals surface area contributed by atoms with Crippen LogP contribution in [0.1, 0.15) is 31.2 Å². The molecule has 2 heteroatoms. The number of hydrogen-bond acceptors (Lipinski definition) is 2. The zero-order chi connectivity index (χ0) is 11.4. The average Bonchev–Trinajstić information content (AvgIpc) is 2.78. The lowest BCUT2D eigenvalue weighted by Gasteiger charge is -2.27. The van der Waals surface area contributed by atoms with Crippen molar-refractivity contribution >= 4 is 12.6 Å². The maximum atomic E-state index is 5.97. The van der Waals surface area contributed by atoms with Gasteiger partial charge >= 0.3 is 0 Å². The fraction of sp³-hybridized carbons (Fsp3) is 0.571. The third-order valence-corrected chi connectivity index (χ3v) is 4.30. The van der Waals surface area contributed by atoms with Crippen molar-refractivity contribution in [1.29, 1.82) is 0 Å². The van der Waals surface area contributed by atoms with E-state index in [2.05, 4.69) is 31.7 Å². The van der Waals surface area contributed by atoms with Crippen LogP contribution >= 0.6 is 12.6 Å². The van der Waals surface area contributed by atoms with Crippen LogP contribution in [0.2, 0.25) is 0 Å². The summed E-state index contributed by atoms with van der Waals surface area (Å²) in [6.07, 6.45) is 5.19. The topological polar surface area (TPSA) is 9.23 Å². The lowest BCUT2D eigenvalue weighted by Crippen LogP contribution is -2.27. The quantitative estimate of drug-likeness (QED) is 0.781. The standard InChI is InChI=1S/C14H20OS/c1-12-6-2-3-7-13(12)15-10-14(11-16)8-4-5-9-14/h2-3,6-7,16H,4-5,8-11H2,1H3. The van der Waals surface area contributed by atoms with Gasteiger partial charge in [0, 0.05) is 5.41 Å². The van der Waals surface area contributed by atoms with Gasteiger partial charge in [-0.3, -0.25) is 0 Å². The molecule has 0 heterocycles. The molecular formula is C14H20OS. The molecule has 1 fully saturated rings. The van der Waals surface area contributed by atoms with Crippen LogP contribution in [0.5, 0.6) is 5.75 Å². The van der Waals surface area contributed by atoms with E-state index in [1.165, 1.54) is 31.2 Å². The van der Waals surface area contributed by atoms with Gasteiger partial charge in [-0.15, -0.1) is 0 Å². The third kappa shape index (κ3) is 2.54. The first-order valence-corrected chi connectivity index (χ1v) is 6.68. The zero-order valence-electron chi connectivity index (χ0n) is 9.91. The lowest BCUT2D eigenvalue weighted by molar-refractivity contribution is 0.172. The van der Waals surface area contributed by atoms with Crippen molar-refractivity contribution in [3.63, 3.8) is 0 Å². The molecule has 0 aliphatic heterocycles. The maximum absolute atomic E-state index is 5.97. The summed E-state index contributed by atoms with van der Waals surface area (Å²) in [5.41, 5.74) is 1.54. The molecule has 1 saturated carbocycles. The van der Waals surface area contributed by atoms with E-state index in [0.717, 1.165) is 18.1 Å². The first kappa shape index (κ1) is 11.8. The first-order valence-electron chi connectivity index (χ1n) is 6.05. The number of para-hydroxylation sites is 1. The molecule has 0 amide bonds. The van der Waals surface area contributed by atoms with Gasteiger partial charge in [-0.25, -0.2) is 0 Å². The van der Waals surface area contributed by atoms with Crippen molar-refractivity contribution in [3.8, 4) is 5.75 Å². The van der Waals surface area contributed by atoms with Gasteiger partial charge < -0.3 is 4.74 Å². The number of benzene rings is 1. The van der Waals surface area contributed by atoms with E-state index in [4.69, 9.17) is 4.74 Å². The highest BCUT2D eigenvalue weighted by atomic mass is 32.1. The molecule has 1 aliphatic rings. The lowest BCUT2D eigenvalue weighted by atomic mass is 9.90. The Labute approximate surface area is 104 Å². The summed E-state index contributed by atoms with van der Waals surface area (Å²) in [5.74, 6) is 1.97. The summed E-state index contributed by atoms with van der Waals surface area (Å²) in [6, 6.07) is 8.23. The minimum Gasteiger partial charge on any atom is -0.493 e. The fourth-order valence-corrected chi connectivity index (χ4v) is 2.83. The number of rotatable bonds is 4. The highest BCUT2D eigenvalue weighted by molar-refractivity contribution is 7.80. The molecule has 2 rings (SSSR count). The predicted octanol–water partition coefficient (Wildman–Crippen LogP) is 3.86. The van der Waals surface area contributed by atoms with Crippen molar-refractivity contribution in [2.24, 2.45) is 5.41 Å². The van der Waals surface area contributed by atoms with Crippen LogP contribution in [0.4, 0.5) is 0 Å². The van der Waals surface area contributed by atoms with E-state index < -0.39 is 0 Å². The molecule has 0 spiro atoms. The monoisotopic (exact) mass is 236 g/mol. The predicted molar refractivity (Wildman–Crippen MR) is 71.4 cm³/mol. The molecule has 1 aromatic rings. The van der Waals surface area contributed by atoms with Crippen molar-refractivity contribution in [3.05, 3.63) is 29.8 Å². The summed E-state index contributed by atoms with van der Waals surface area (Å²) >= 11 is 4.49. The minimum absolute atomic E-state index is 0.325. The molecule has 88 valence electrons.